The number of aliphatic hydroxyl groups excluding tert-OH is 1. The van der Waals surface area contributed by atoms with Gasteiger partial charge in [-0.1, -0.05) is 18.9 Å². The van der Waals surface area contributed by atoms with Gasteiger partial charge in [-0.25, -0.2) is 0 Å². The largest absolute Gasteiger partial charge is 0.508 e. The second kappa shape index (κ2) is 5.21. The van der Waals surface area contributed by atoms with Crippen molar-refractivity contribution in [3.05, 3.63) is 24.3 Å². The Bertz CT molecular complexity index is 332. The molecule has 2 N–H and O–H groups in total. The number of benzene rings is 1. The summed E-state index contributed by atoms with van der Waals surface area (Å²) in [5.41, 5.74) is 0. The number of aromatic hydroxyl groups is 1. The minimum Gasteiger partial charge on any atom is -0.508 e. The maximum atomic E-state index is 9.89. The zero-order valence-electron chi connectivity index (χ0n) is 9.30. The number of phenolic OH excluding ortho intramolecular Hbond substituents is 1. The highest BCUT2D eigenvalue weighted by molar-refractivity contribution is 5.31. The Kier molecular flexibility index (Phi) is 3.67. The van der Waals surface area contributed by atoms with Gasteiger partial charge >= 0.3 is 0 Å². The van der Waals surface area contributed by atoms with Crippen LogP contribution in [0.25, 0.3) is 0 Å². The van der Waals surface area contributed by atoms with Gasteiger partial charge in [0.05, 0.1) is 6.10 Å². The van der Waals surface area contributed by atoms with Crippen molar-refractivity contribution >= 4 is 0 Å². The topological polar surface area (TPSA) is 49.7 Å². The maximum Gasteiger partial charge on any atom is 0.123 e. The summed E-state index contributed by atoms with van der Waals surface area (Å²) >= 11 is 0. The summed E-state index contributed by atoms with van der Waals surface area (Å²) < 4.78 is 5.45. The van der Waals surface area contributed by atoms with Crippen molar-refractivity contribution in [3.8, 4) is 11.5 Å². The van der Waals surface area contributed by atoms with Crippen LogP contribution < -0.4 is 4.74 Å². The van der Waals surface area contributed by atoms with Gasteiger partial charge in [0.1, 0.15) is 18.1 Å². The number of hydrogen-bond acceptors (Lipinski definition) is 3. The lowest BCUT2D eigenvalue weighted by Gasteiger charge is -2.18. The average molecular weight is 222 g/mol. The van der Waals surface area contributed by atoms with Crippen LogP contribution in [0.1, 0.15) is 25.7 Å². The monoisotopic (exact) mass is 222 g/mol. The fraction of sp³-hybridized carbons (Fsp3) is 0.538. The molecule has 3 heteroatoms. The zero-order chi connectivity index (χ0) is 11.4. The molecule has 1 unspecified atom stereocenters. The van der Waals surface area contributed by atoms with Crippen LogP contribution in [0.15, 0.2) is 24.3 Å². The molecule has 3 nitrogen and oxygen atoms in total. The Morgan fingerprint density at radius 1 is 1.31 bits per heavy atom. The lowest BCUT2D eigenvalue weighted by atomic mass is 10.0. The maximum absolute atomic E-state index is 9.89. The molecular weight excluding hydrogens is 204 g/mol. The first kappa shape index (κ1) is 11.3. The molecule has 2 rings (SSSR count). The van der Waals surface area contributed by atoms with Gasteiger partial charge in [0.15, 0.2) is 0 Å². The van der Waals surface area contributed by atoms with Crippen LogP contribution in [0.2, 0.25) is 0 Å². The van der Waals surface area contributed by atoms with Crippen LogP contribution in [0, 0.1) is 5.92 Å². The van der Waals surface area contributed by atoms with Gasteiger partial charge in [-0.15, -0.1) is 0 Å². The third-order valence-corrected chi connectivity index (χ3v) is 3.18. The molecule has 0 saturated heterocycles. The number of aliphatic hydroxyl groups is 1. The second-order valence-corrected chi connectivity index (χ2v) is 4.42. The smallest absolute Gasteiger partial charge is 0.123 e. The third kappa shape index (κ3) is 2.89. The minimum atomic E-state index is -0.384. The quantitative estimate of drug-likeness (QED) is 0.822. The summed E-state index contributed by atoms with van der Waals surface area (Å²) in [5.74, 6) is 1.18. The molecule has 1 saturated carbocycles. The molecule has 0 aliphatic heterocycles. The molecule has 0 spiro atoms. The summed E-state index contributed by atoms with van der Waals surface area (Å²) in [5, 5.41) is 19.1. The van der Waals surface area contributed by atoms with E-state index in [1.165, 1.54) is 12.8 Å². The molecule has 16 heavy (non-hydrogen) atoms. The van der Waals surface area contributed by atoms with Crippen molar-refractivity contribution in [1.82, 2.24) is 0 Å². The first-order valence-electron chi connectivity index (χ1n) is 5.85. The Labute approximate surface area is 95.7 Å². The van der Waals surface area contributed by atoms with Gasteiger partial charge in [-0.05, 0) is 30.9 Å². The number of ether oxygens (including phenoxy) is 1. The fourth-order valence-corrected chi connectivity index (χ4v) is 2.23. The number of hydrogen-bond donors (Lipinski definition) is 2. The lowest BCUT2D eigenvalue weighted by molar-refractivity contribution is 0.0592. The van der Waals surface area contributed by atoms with E-state index in [9.17, 15) is 10.2 Å². The van der Waals surface area contributed by atoms with Crippen molar-refractivity contribution in [2.75, 3.05) is 6.61 Å². The van der Waals surface area contributed by atoms with Gasteiger partial charge in [-0.3, -0.25) is 0 Å². The SMILES string of the molecule is Oc1cccc(OCC(O)C2CCCC2)c1. The van der Waals surface area contributed by atoms with E-state index in [0.717, 1.165) is 12.8 Å². The van der Waals surface area contributed by atoms with Crippen LogP contribution in [0.3, 0.4) is 0 Å². The number of phenols is 1. The van der Waals surface area contributed by atoms with Crippen LogP contribution in [0.4, 0.5) is 0 Å². The third-order valence-electron chi connectivity index (χ3n) is 3.18. The van der Waals surface area contributed by atoms with Crippen LogP contribution in [-0.4, -0.2) is 22.9 Å². The normalized spacial score (nSPS) is 18.6. The van der Waals surface area contributed by atoms with Gasteiger partial charge in [0.25, 0.3) is 0 Å². The average Bonchev–Trinajstić information content (AvgIpc) is 2.79. The molecule has 1 fully saturated rings. The van der Waals surface area contributed by atoms with E-state index in [2.05, 4.69) is 0 Å². The van der Waals surface area contributed by atoms with E-state index in [1.807, 2.05) is 0 Å². The predicted octanol–water partition coefficient (Wildman–Crippen LogP) is 2.32. The first-order valence-corrected chi connectivity index (χ1v) is 5.85. The molecule has 1 aromatic rings. The van der Waals surface area contributed by atoms with Gasteiger partial charge in [-0.2, -0.15) is 0 Å². The summed E-state index contributed by atoms with van der Waals surface area (Å²) in [6, 6.07) is 6.66. The zero-order valence-corrected chi connectivity index (χ0v) is 9.30. The van der Waals surface area contributed by atoms with Gasteiger partial charge < -0.3 is 14.9 Å². The molecular formula is C13H18O3. The molecule has 0 radical (unpaired) electrons. The van der Waals surface area contributed by atoms with Crippen molar-refractivity contribution < 1.29 is 14.9 Å². The summed E-state index contributed by atoms with van der Waals surface area (Å²) in [6.07, 6.45) is 4.25. The molecule has 1 aliphatic carbocycles. The van der Waals surface area contributed by atoms with Crippen molar-refractivity contribution in [3.63, 3.8) is 0 Å². The Morgan fingerprint density at radius 3 is 2.75 bits per heavy atom. The Morgan fingerprint density at radius 2 is 2.06 bits per heavy atom. The van der Waals surface area contributed by atoms with E-state index in [0.29, 0.717) is 18.3 Å². The van der Waals surface area contributed by atoms with E-state index in [1.54, 1.807) is 24.3 Å². The van der Waals surface area contributed by atoms with E-state index >= 15 is 0 Å². The predicted molar refractivity (Wildman–Crippen MR) is 61.6 cm³/mol. The standard InChI is InChI=1S/C13H18O3/c14-11-6-3-7-12(8-11)16-9-13(15)10-4-1-2-5-10/h3,6-8,10,13-15H,1-2,4-5,9H2. The molecule has 1 aliphatic rings. The summed E-state index contributed by atoms with van der Waals surface area (Å²) in [4.78, 5) is 0. The summed E-state index contributed by atoms with van der Waals surface area (Å²) in [7, 11) is 0. The number of rotatable bonds is 4. The molecule has 0 heterocycles. The van der Waals surface area contributed by atoms with E-state index in [4.69, 9.17) is 4.74 Å². The fourth-order valence-electron chi connectivity index (χ4n) is 2.23. The highest BCUT2D eigenvalue weighted by atomic mass is 16.5. The molecule has 0 aromatic heterocycles. The van der Waals surface area contributed by atoms with E-state index in [-0.39, 0.29) is 11.9 Å². The Hall–Kier alpha value is -1.22. The van der Waals surface area contributed by atoms with Crippen molar-refractivity contribution in [1.29, 1.82) is 0 Å². The van der Waals surface area contributed by atoms with Gasteiger partial charge in [0, 0.05) is 6.07 Å². The van der Waals surface area contributed by atoms with Crippen molar-refractivity contribution in [2.24, 2.45) is 5.92 Å². The molecule has 1 aromatic carbocycles. The highest BCUT2D eigenvalue weighted by Crippen LogP contribution is 2.28. The van der Waals surface area contributed by atoms with Crippen LogP contribution in [-0.2, 0) is 0 Å². The van der Waals surface area contributed by atoms with Crippen LogP contribution >= 0.6 is 0 Å². The van der Waals surface area contributed by atoms with Crippen molar-refractivity contribution in [2.45, 2.75) is 31.8 Å². The Balaban J connectivity index is 1.82. The first-order chi connectivity index (χ1) is 7.75. The van der Waals surface area contributed by atoms with Gasteiger partial charge in [0.2, 0.25) is 0 Å². The lowest BCUT2D eigenvalue weighted by Crippen LogP contribution is -2.25. The summed E-state index contributed by atoms with van der Waals surface area (Å²) in [6.45, 7) is 0.314. The molecule has 88 valence electrons. The molecule has 0 amide bonds. The molecule has 1 atom stereocenters. The molecule has 0 bridgehead atoms. The highest BCUT2D eigenvalue weighted by Gasteiger charge is 2.23. The minimum absolute atomic E-state index is 0.188. The van der Waals surface area contributed by atoms with Crippen LogP contribution in [0.5, 0.6) is 11.5 Å². The van der Waals surface area contributed by atoms with E-state index < -0.39 is 0 Å². The second-order valence-electron chi connectivity index (χ2n) is 4.42.